The Labute approximate surface area is 301 Å². The second-order valence-corrected chi connectivity index (χ2v) is 11.6. The van der Waals surface area contributed by atoms with Crippen molar-refractivity contribution in [2.45, 2.75) is 72.8 Å². The number of esters is 5. The summed E-state index contributed by atoms with van der Waals surface area (Å²) in [4.78, 5) is 79.4. The summed E-state index contributed by atoms with van der Waals surface area (Å²) >= 11 is 0. The molecule has 0 heterocycles. The maximum Gasteiger partial charge on any atom is 0.323 e. The van der Waals surface area contributed by atoms with Gasteiger partial charge in [-0.05, 0) is 71.4 Å². The van der Waals surface area contributed by atoms with Crippen molar-refractivity contribution < 1.29 is 57.6 Å². The highest BCUT2D eigenvalue weighted by Gasteiger charge is 2.29. The number of aryl methyl sites for hydroxylation is 2. The molecule has 0 aliphatic rings. The molecule has 1 aromatic rings. The zero-order valence-electron chi connectivity index (χ0n) is 30.9. The minimum Gasteiger partial charge on any atom is -0.481 e. The summed E-state index contributed by atoms with van der Waals surface area (Å²) in [5.74, 6) is -3.40. The third kappa shape index (κ3) is 20.4. The number of nitrogens with zero attached hydrogens (tertiary/aromatic N) is 3. The third-order valence-corrected chi connectivity index (χ3v) is 7.60. The van der Waals surface area contributed by atoms with E-state index in [1.54, 1.807) is 44.4 Å². The summed E-state index contributed by atoms with van der Waals surface area (Å²) in [7, 11) is 0. The van der Waals surface area contributed by atoms with E-state index in [0.29, 0.717) is 25.7 Å². The van der Waals surface area contributed by atoms with Crippen molar-refractivity contribution >= 4 is 35.8 Å². The Kier molecular flexibility index (Phi) is 23.5. The Morgan fingerprint density at radius 1 is 0.608 bits per heavy atom. The number of carbonyl (C=O) groups is 6. The first-order valence-electron chi connectivity index (χ1n) is 17.7. The van der Waals surface area contributed by atoms with E-state index in [9.17, 15) is 28.8 Å². The smallest absolute Gasteiger partial charge is 0.323 e. The predicted molar refractivity (Wildman–Crippen MR) is 187 cm³/mol. The van der Waals surface area contributed by atoms with Crippen LogP contribution in [0.3, 0.4) is 0 Å². The average Bonchev–Trinajstić information content (AvgIpc) is 3.06. The summed E-state index contributed by atoms with van der Waals surface area (Å²) in [5, 5.41) is 9.07. The molecule has 0 radical (unpaired) electrons. The van der Waals surface area contributed by atoms with Crippen LogP contribution in [-0.2, 0) is 65.3 Å². The molecule has 0 bridgehead atoms. The number of hydrogen-bond donors (Lipinski definition) is 1. The molecule has 288 valence electrons. The largest absolute Gasteiger partial charge is 0.481 e. The van der Waals surface area contributed by atoms with Crippen LogP contribution in [0.15, 0.2) is 24.3 Å². The molecule has 0 aliphatic carbocycles. The van der Waals surface area contributed by atoms with Gasteiger partial charge in [-0.1, -0.05) is 24.3 Å². The molecular weight excluding hydrogens is 666 g/mol. The number of hydrogen-bond acceptors (Lipinski definition) is 14. The molecule has 0 amide bonds. The lowest BCUT2D eigenvalue weighted by Crippen LogP contribution is -2.50. The molecule has 1 unspecified atom stereocenters. The highest BCUT2D eigenvalue weighted by molar-refractivity contribution is 5.76. The second kappa shape index (κ2) is 26.7. The zero-order valence-corrected chi connectivity index (χ0v) is 30.9. The minimum atomic E-state index is -0.871. The van der Waals surface area contributed by atoms with Gasteiger partial charge in [-0.2, -0.15) is 0 Å². The maximum atomic E-state index is 13.5. The number of benzene rings is 1. The Balaban J connectivity index is 3.36. The van der Waals surface area contributed by atoms with Crippen molar-refractivity contribution in [3.63, 3.8) is 0 Å². The van der Waals surface area contributed by atoms with Gasteiger partial charge in [0.2, 0.25) is 0 Å². The highest BCUT2D eigenvalue weighted by Crippen LogP contribution is 2.16. The maximum absolute atomic E-state index is 13.5. The first kappa shape index (κ1) is 44.9. The fourth-order valence-corrected chi connectivity index (χ4v) is 5.33. The molecule has 0 spiro atoms. The van der Waals surface area contributed by atoms with Crippen LogP contribution in [0.1, 0.15) is 65.0 Å². The van der Waals surface area contributed by atoms with Gasteiger partial charge >= 0.3 is 35.8 Å². The van der Waals surface area contributed by atoms with E-state index in [2.05, 4.69) is 0 Å². The molecule has 0 aromatic heterocycles. The van der Waals surface area contributed by atoms with E-state index in [4.69, 9.17) is 28.8 Å². The Hall–Kier alpha value is -4.08. The van der Waals surface area contributed by atoms with Crippen LogP contribution in [-0.4, -0.2) is 147 Å². The van der Waals surface area contributed by atoms with Gasteiger partial charge in [0.1, 0.15) is 6.04 Å². The van der Waals surface area contributed by atoms with Crippen LogP contribution in [0, 0.1) is 0 Å². The van der Waals surface area contributed by atoms with E-state index in [1.807, 2.05) is 29.2 Å². The van der Waals surface area contributed by atoms with Crippen molar-refractivity contribution in [1.82, 2.24) is 14.7 Å². The second-order valence-electron chi connectivity index (χ2n) is 11.6. The monoisotopic (exact) mass is 723 g/mol. The fourth-order valence-electron chi connectivity index (χ4n) is 5.33. The molecule has 0 fully saturated rings. The molecule has 1 atom stereocenters. The SMILES string of the molecule is CCOC(=O)CN(CCN(CCN(CC(=O)OCC)CC(=O)OCC)C(CCCc1cccc(CCC(=O)O)c1)C(=O)OCC)CC(=O)OCC. The number of carboxylic acids is 1. The van der Waals surface area contributed by atoms with Gasteiger partial charge in [0, 0.05) is 32.6 Å². The summed E-state index contributed by atoms with van der Waals surface area (Å²) in [6, 6.07) is 6.93. The minimum absolute atomic E-state index is 0.0239. The van der Waals surface area contributed by atoms with Crippen LogP contribution >= 0.6 is 0 Å². The molecule has 15 heteroatoms. The van der Waals surface area contributed by atoms with Crippen molar-refractivity contribution in [2.24, 2.45) is 0 Å². The van der Waals surface area contributed by atoms with E-state index < -0.39 is 41.9 Å². The molecule has 1 rings (SSSR count). The molecule has 0 saturated heterocycles. The van der Waals surface area contributed by atoms with Crippen LogP contribution in [0.2, 0.25) is 0 Å². The first-order chi connectivity index (χ1) is 24.4. The molecule has 1 N–H and O–H groups in total. The lowest BCUT2D eigenvalue weighted by Gasteiger charge is -2.33. The standard InChI is InChI=1S/C36H57N3O12/c1-6-47-32(42)24-37(25-33(43)48-7-2)19-21-39(22-20-38(26-34(44)49-8-3)27-35(45)50-9-4)30(36(46)51-10-5)16-12-15-28-13-11-14-29(23-28)17-18-31(40)41/h11,13-14,23,30H,6-10,12,15-22,24-27H2,1-5H3,(H,40,41). The van der Waals surface area contributed by atoms with E-state index in [1.165, 1.54) is 0 Å². The number of rotatable bonds is 28. The van der Waals surface area contributed by atoms with Gasteiger partial charge in [-0.3, -0.25) is 43.5 Å². The fraction of sp³-hybridized carbons (Fsp3) is 0.667. The Bertz CT molecular complexity index is 1140. The highest BCUT2D eigenvalue weighted by atomic mass is 16.5. The van der Waals surface area contributed by atoms with Crippen LogP contribution in [0.4, 0.5) is 0 Å². The van der Waals surface area contributed by atoms with Crippen LogP contribution < -0.4 is 0 Å². The van der Waals surface area contributed by atoms with E-state index in [-0.39, 0.29) is 91.8 Å². The summed E-state index contributed by atoms with van der Waals surface area (Å²) in [5.41, 5.74) is 1.90. The topological polar surface area (TPSA) is 179 Å². The lowest BCUT2D eigenvalue weighted by molar-refractivity contribution is -0.152. The van der Waals surface area contributed by atoms with Crippen LogP contribution in [0.25, 0.3) is 0 Å². The van der Waals surface area contributed by atoms with E-state index >= 15 is 0 Å². The number of aliphatic carboxylic acids is 1. The van der Waals surface area contributed by atoms with Gasteiger partial charge in [-0.15, -0.1) is 0 Å². The molecule has 0 aliphatic heterocycles. The Morgan fingerprint density at radius 2 is 1.02 bits per heavy atom. The average molecular weight is 724 g/mol. The van der Waals surface area contributed by atoms with Gasteiger partial charge < -0.3 is 28.8 Å². The van der Waals surface area contributed by atoms with E-state index in [0.717, 1.165) is 11.1 Å². The Morgan fingerprint density at radius 3 is 1.41 bits per heavy atom. The predicted octanol–water partition coefficient (Wildman–Crippen LogP) is 2.12. The van der Waals surface area contributed by atoms with Crippen molar-refractivity contribution in [3.05, 3.63) is 35.4 Å². The molecular formula is C36H57N3O12. The number of ether oxygens (including phenoxy) is 5. The number of carboxylic acid groups (broad SMARTS) is 1. The molecule has 0 saturated carbocycles. The van der Waals surface area contributed by atoms with Gasteiger partial charge in [0.15, 0.2) is 0 Å². The number of carbonyl (C=O) groups excluding carboxylic acids is 5. The quantitative estimate of drug-likeness (QED) is 0.0981. The summed E-state index contributed by atoms with van der Waals surface area (Å²) < 4.78 is 26.0. The summed E-state index contributed by atoms with van der Waals surface area (Å²) in [6.07, 6.45) is 2.00. The van der Waals surface area contributed by atoms with Gasteiger partial charge in [0.25, 0.3) is 0 Å². The summed E-state index contributed by atoms with van der Waals surface area (Å²) in [6.45, 7) is 9.32. The normalized spacial score (nSPS) is 11.7. The zero-order chi connectivity index (χ0) is 38.0. The van der Waals surface area contributed by atoms with Gasteiger partial charge in [-0.25, -0.2) is 0 Å². The van der Waals surface area contributed by atoms with Crippen molar-refractivity contribution in [2.75, 3.05) is 85.4 Å². The molecule has 51 heavy (non-hydrogen) atoms. The van der Waals surface area contributed by atoms with Crippen LogP contribution in [0.5, 0.6) is 0 Å². The lowest BCUT2D eigenvalue weighted by atomic mass is 10.0. The molecule has 1 aromatic carbocycles. The van der Waals surface area contributed by atoms with Gasteiger partial charge in [0.05, 0.1) is 59.2 Å². The first-order valence-corrected chi connectivity index (χ1v) is 17.7. The van der Waals surface area contributed by atoms with Crippen molar-refractivity contribution in [3.8, 4) is 0 Å². The molecule has 15 nitrogen and oxygen atoms in total. The van der Waals surface area contributed by atoms with Crippen molar-refractivity contribution in [1.29, 1.82) is 0 Å². The third-order valence-electron chi connectivity index (χ3n) is 7.60.